The van der Waals surface area contributed by atoms with Crippen molar-refractivity contribution < 1.29 is 23.2 Å². The second-order valence-corrected chi connectivity index (χ2v) is 10.3. The Hall–Kier alpha value is -3.51. The minimum Gasteiger partial charge on any atom is -0.330 e. The zero-order valence-electron chi connectivity index (χ0n) is 21.3. The van der Waals surface area contributed by atoms with Gasteiger partial charge < -0.3 is 15.1 Å². The number of amides is 3. The van der Waals surface area contributed by atoms with E-state index in [1.165, 1.54) is 19.0 Å². The maximum Gasteiger partial charge on any atom is 0.257 e. The number of para-hydroxylation sites is 1. The fourth-order valence-electron chi connectivity index (χ4n) is 4.59. The molecule has 196 valence electrons. The number of benzene rings is 2. The zero-order valence-corrected chi connectivity index (χ0v) is 22.1. The largest absolute Gasteiger partial charge is 0.330 e. The van der Waals surface area contributed by atoms with Crippen molar-refractivity contribution in [3.8, 4) is 6.07 Å². The third-order valence-corrected chi connectivity index (χ3v) is 7.13. The van der Waals surface area contributed by atoms with Crippen LogP contribution in [0, 0.1) is 28.9 Å². The molecule has 0 aliphatic carbocycles. The van der Waals surface area contributed by atoms with Gasteiger partial charge in [0.15, 0.2) is 0 Å². The Kier molecular flexibility index (Phi) is 8.23. The molecule has 0 aromatic heterocycles. The molecule has 0 fully saturated rings. The van der Waals surface area contributed by atoms with Crippen LogP contribution in [0.4, 0.5) is 14.5 Å². The highest BCUT2D eigenvalue weighted by molar-refractivity contribution is 6.31. The lowest BCUT2D eigenvalue weighted by Crippen LogP contribution is -2.52. The maximum atomic E-state index is 14.4. The van der Waals surface area contributed by atoms with Crippen molar-refractivity contribution in [3.63, 3.8) is 0 Å². The molecule has 1 heterocycles. The maximum absolute atomic E-state index is 14.4. The Bertz CT molecular complexity index is 1280. The van der Waals surface area contributed by atoms with Gasteiger partial charge in [-0.25, -0.2) is 8.78 Å². The summed E-state index contributed by atoms with van der Waals surface area (Å²) in [5.74, 6) is -3.81. The van der Waals surface area contributed by atoms with Crippen LogP contribution in [0.5, 0.6) is 0 Å². The number of carbonyl (C=O) groups excluding carboxylic acids is 3. The summed E-state index contributed by atoms with van der Waals surface area (Å²) in [4.78, 5) is 42.0. The first-order chi connectivity index (χ1) is 17.3. The fraction of sp³-hybridized carbons (Fsp3) is 0.407. The van der Waals surface area contributed by atoms with Gasteiger partial charge in [-0.05, 0) is 43.4 Å². The molecule has 3 atom stereocenters. The predicted octanol–water partition coefficient (Wildman–Crippen LogP) is 4.76. The smallest absolute Gasteiger partial charge is 0.257 e. The lowest BCUT2D eigenvalue weighted by atomic mass is 9.78. The minimum absolute atomic E-state index is 0.0306. The minimum atomic E-state index is -1.10. The molecule has 7 nitrogen and oxygen atoms in total. The SMILES string of the molecule is CC(C)C[C@@H](C(=O)N(C)[C@H](C#N)C[C@@]1(C)C(=O)Nc2ccccc21)N(C)C(=O)c1cc(Cl)c(F)cc1F. The summed E-state index contributed by atoms with van der Waals surface area (Å²) < 4.78 is 28.0. The Morgan fingerprint density at radius 2 is 1.78 bits per heavy atom. The van der Waals surface area contributed by atoms with E-state index >= 15 is 0 Å². The summed E-state index contributed by atoms with van der Waals surface area (Å²) in [5.41, 5.74) is -0.129. The summed E-state index contributed by atoms with van der Waals surface area (Å²) in [6, 6.07) is 8.66. The van der Waals surface area contributed by atoms with Crippen LogP contribution >= 0.6 is 11.6 Å². The van der Waals surface area contributed by atoms with Crippen LogP contribution in [0.1, 0.15) is 49.5 Å². The van der Waals surface area contributed by atoms with E-state index in [9.17, 15) is 28.4 Å². The van der Waals surface area contributed by atoms with Gasteiger partial charge in [-0.15, -0.1) is 0 Å². The molecule has 0 saturated heterocycles. The van der Waals surface area contributed by atoms with Gasteiger partial charge in [0.05, 0.1) is 22.1 Å². The number of fused-ring (bicyclic) bond motifs is 1. The molecular weight excluding hydrogens is 502 g/mol. The molecular formula is C27H29ClF2N4O3. The summed E-state index contributed by atoms with van der Waals surface area (Å²) in [5, 5.41) is 12.4. The van der Waals surface area contributed by atoms with Crippen molar-refractivity contribution in [2.24, 2.45) is 5.92 Å². The van der Waals surface area contributed by atoms with Crippen LogP contribution < -0.4 is 5.32 Å². The molecule has 10 heteroatoms. The first kappa shape index (κ1) is 28.1. The molecule has 1 N–H and O–H groups in total. The topological polar surface area (TPSA) is 93.5 Å². The van der Waals surface area contributed by atoms with Crippen molar-refractivity contribution in [3.05, 3.63) is 64.2 Å². The van der Waals surface area contributed by atoms with Gasteiger partial charge in [0.25, 0.3) is 5.91 Å². The Morgan fingerprint density at radius 3 is 2.41 bits per heavy atom. The number of nitrogens with zero attached hydrogens (tertiary/aromatic N) is 3. The average Bonchev–Trinajstić information content (AvgIpc) is 3.11. The van der Waals surface area contributed by atoms with Crippen molar-refractivity contribution in [1.82, 2.24) is 9.80 Å². The second kappa shape index (κ2) is 10.9. The molecule has 1 aliphatic heterocycles. The Morgan fingerprint density at radius 1 is 1.14 bits per heavy atom. The number of carbonyl (C=O) groups is 3. The molecule has 37 heavy (non-hydrogen) atoms. The van der Waals surface area contributed by atoms with Crippen molar-refractivity contribution in [2.75, 3.05) is 19.4 Å². The van der Waals surface area contributed by atoms with Gasteiger partial charge in [0, 0.05) is 25.8 Å². The molecule has 3 amide bonds. The Balaban J connectivity index is 1.89. The van der Waals surface area contributed by atoms with Crippen molar-refractivity contribution in [2.45, 2.75) is 51.1 Å². The number of hydrogen-bond donors (Lipinski definition) is 1. The second-order valence-electron chi connectivity index (χ2n) is 9.94. The first-order valence-corrected chi connectivity index (χ1v) is 12.2. The molecule has 2 aromatic carbocycles. The molecule has 0 radical (unpaired) electrons. The van der Waals surface area contributed by atoms with E-state index in [4.69, 9.17) is 11.6 Å². The van der Waals surface area contributed by atoms with E-state index < -0.39 is 51.5 Å². The van der Waals surface area contributed by atoms with E-state index in [2.05, 4.69) is 11.4 Å². The summed E-state index contributed by atoms with van der Waals surface area (Å²) in [7, 11) is 2.79. The summed E-state index contributed by atoms with van der Waals surface area (Å²) in [6.07, 6.45) is 0.254. The monoisotopic (exact) mass is 530 g/mol. The molecule has 0 bridgehead atoms. The first-order valence-electron chi connectivity index (χ1n) is 11.8. The van der Waals surface area contributed by atoms with E-state index in [0.29, 0.717) is 11.8 Å². The molecule has 2 aromatic rings. The van der Waals surface area contributed by atoms with E-state index in [-0.39, 0.29) is 24.7 Å². The van der Waals surface area contributed by atoms with Gasteiger partial charge in [0.2, 0.25) is 11.8 Å². The van der Waals surface area contributed by atoms with Crippen LogP contribution in [0.25, 0.3) is 0 Å². The third-order valence-electron chi connectivity index (χ3n) is 6.84. The normalized spacial score (nSPS) is 18.0. The number of nitrogens with one attached hydrogen (secondary N) is 1. The molecule has 0 spiro atoms. The van der Waals surface area contributed by atoms with Crippen molar-refractivity contribution in [1.29, 1.82) is 5.26 Å². The molecule has 3 rings (SSSR count). The van der Waals surface area contributed by atoms with Gasteiger partial charge in [0.1, 0.15) is 23.7 Å². The third kappa shape index (κ3) is 5.44. The quantitative estimate of drug-likeness (QED) is 0.498. The number of nitriles is 1. The van der Waals surface area contributed by atoms with Gasteiger partial charge in [-0.1, -0.05) is 43.6 Å². The Labute approximate surface area is 220 Å². The number of likely N-dealkylation sites (N-methyl/N-ethyl adjacent to an activating group) is 2. The van der Waals surface area contributed by atoms with Crippen molar-refractivity contribution >= 4 is 35.0 Å². The lowest BCUT2D eigenvalue weighted by Gasteiger charge is -2.35. The van der Waals surface area contributed by atoms with E-state index in [1.807, 2.05) is 13.8 Å². The number of rotatable bonds is 8. The predicted molar refractivity (Wildman–Crippen MR) is 136 cm³/mol. The zero-order chi connectivity index (χ0) is 27.7. The van der Waals surface area contributed by atoms with Gasteiger partial charge in [-0.3, -0.25) is 14.4 Å². The van der Waals surface area contributed by atoms with Crippen LogP contribution in [0.2, 0.25) is 5.02 Å². The van der Waals surface area contributed by atoms with Gasteiger partial charge >= 0.3 is 0 Å². The van der Waals surface area contributed by atoms with Crippen LogP contribution in [0.15, 0.2) is 36.4 Å². The molecule has 0 unspecified atom stereocenters. The standard InChI is InChI=1S/C27H29ClF2N4O3/c1-15(2)10-23(34(5)24(35)17-11-19(28)21(30)12-20(17)29)25(36)33(4)16(14-31)13-27(3)18-8-6-7-9-22(18)32-26(27)37/h6-9,11-12,15-16,23H,10,13H2,1-5H3,(H,32,37)/t16-,23-,27+/m0/s1. The molecule has 0 saturated carbocycles. The van der Waals surface area contributed by atoms with E-state index in [0.717, 1.165) is 16.5 Å². The number of hydrogen-bond acceptors (Lipinski definition) is 4. The highest BCUT2D eigenvalue weighted by Crippen LogP contribution is 2.41. The average molecular weight is 531 g/mol. The van der Waals surface area contributed by atoms with Gasteiger partial charge in [-0.2, -0.15) is 5.26 Å². The lowest BCUT2D eigenvalue weighted by molar-refractivity contribution is -0.137. The fourth-order valence-corrected chi connectivity index (χ4v) is 4.76. The summed E-state index contributed by atoms with van der Waals surface area (Å²) >= 11 is 5.76. The highest BCUT2D eigenvalue weighted by atomic mass is 35.5. The van der Waals surface area contributed by atoms with Crippen LogP contribution in [-0.2, 0) is 15.0 Å². The highest BCUT2D eigenvalue weighted by Gasteiger charge is 2.46. The van der Waals surface area contributed by atoms with E-state index in [1.54, 1.807) is 31.2 Å². The summed E-state index contributed by atoms with van der Waals surface area (Å²) in [6.45, 7) is 5.44. The molecule has 1 aliphatic rings. The van der Waals surface area contributed by atoms with Crippen LogP contribution in [0.3, 0.4) is 0 Å². The van der Waals surface area contributed by atoms with Crippen LogP contribution in [-0.4, -0.2) is 53.7 Å². The number of halogens is 3. The number of anilines is 1.